The molecule has 3 aromatic rings. The van der Waals surface area contributed by atoms with Crippen molar-refractivity contribution in [3.8, 4) is 0 Å². The van der Waals surface area contributed by atoms with Gasteiger partial charge in [0.05, 0.1) is 0 Å². The normalized spacial score (nSPS) is 10.6. The van der Waals surface area contributed by atoms with Crippen LogP contribution in [-0.4, -0.2) is 15.9 Å². The standard InChI is InChI=1S/C21H21FN4O/c1-12-8-13(2)19(14(3)9-12)26-20(27)18-10-15(4)23-21(25-18)24-17-7-5-6-16(22)11-17/h5-11H,1-4H3,(H,26,27)(H,23,24,25). The molecule has 1 aromatic heterocycles. The Morgan fingerprint density at radius 3 is 2.33 bits per heavy atom. The van der Waals surface area contributed by atoms with Crippen molar-refractivity contribution < 1.29 is 9.18 Å². The lowest BCUT2D eigenvalue weighted by atomic mass is 10.0. The summed E-state index contributed by atoms with van der Waals surface area (Å²) in [5, 5.41) is 5.87. The van der Waals surface area contributed by atoms with Crippen LogP contribution in [0.5, 0.6) is 0 Å². The van der Waals surface area contributed by atoms with E-state index in [0.29, 0.717) is 11.4 Å². The summed E-state index contributed by atoms with van der Waals surface area (Å²) in [5.74, 6) is -0.447. The van der Waals surface area contributed by atoms with Gasteiger partial charge in [0.1, 0.15) is 11.5 Å². The molecule has 0 aliphatic heterocycles. The minimum absolute atomic E-state index is 0.237. The van der Waals surface area contributed by atoms with Crippen molar-refractivity contribution in [1.29, 1.82) is 0 Å². The van der Waals surface area contributed by atoms with Crippen LogP contribution in [0.25, 0.3) is 0 Å². The highest BCUT2D eigenvalue weighted by molar-refractivity contribution is 6.04. The van der Waals surface area contributed by atoms with Gasteiger partial charge in [-0.2, -0.15) is 0 Å². The van der Waals surface area contributed by atoms with Crippen LogP contribution in [0.1, 0.15) is 32.9 Å². The van der Waals surface area contributed by atoms with E-state index in [9.17, 15) is 9.18 Å². The second-order valence-electron chi connectivity index (χ2n) is 6.58. The Morgan fingerprint density at radius 1 is 0.963 bits per heavy atom. The molecule has 6 heteroatoms. The Hall–Kier alpha value is -3.28. The van der Waals surface area contributed by atoms with Gasteiger partial charge in [0.15, 0.2) is 0 Å². The van der Waals surface area contributed by atoms with Gasteiger partial charge in [0.2, 0.25) is 5.95 Å². The summed E-state index contributed by atoms with van der Waals surface area (Å²) >= 11 is 0. The number of nitrogens with one attached hydrogen (secondary N) is 2. The molecule has 0 aliphatic rings. The van der Waals surface area contributed by atoms with Crippen molar-refractivity contribution in [2.75, 3.05) is 10.6 Å². The molecule has 0 spiro atoms. The second kappa shape index (κ2) is 7.53. The third kappa shape index (κ3) is 4.47. The van der Waals surface area contributed by atoms with E-state index in [1.54, 1.807) is 25.1 Å². The van der Waals surface area contributed by atoms with E-state index in [4.69, 9.17) is 0 Å². The van der Waals surface area contributed by atoms with Gasteiger partial charge in [-0.05, 0) is 63.1 Å². The fourth-order valence-corrected chi connectivity index (χ4v) is 2.99. The minimum Gasteiger partial charge on any atom is -0.324 e. The first-order valence-electron chi connectivity index (χ1n) is 8.59. The molecule has 2 aromatic carbocycles. The van der Waals surface area contributed by atoms with E-state index in [1.165, 1.54) is 12.1 Å². The van der Waals surface area contributed by atoms with E-state index in [2.05, 4.69) is 20.6 Å². The highest BCUT2D eigenvalue weighted by Gasteiger charge is 2.14. The van der Waals surface area contributed by atoms with Gasteiger partial charge in [-0.15, -0.1) is 0 Å². The first-order valence-corrected chi connectivity index (χ1v) is 8.59. The van der Waals surface area contributed by atoms with Crippen molar-refractivity contribution >= 4 is 23.2 Å². The predicted octanol–water partition coefficient (Wildman–Crippen LogP) is 4.85. The largest absolute Gasteiger partial charge is 0.324 e. The third-order valence-electron chi connectivity index (χ3n) is 4.08. The average Bonchev–Trinajstić information content (AvgIpc) is 2.57. The first kappa shape index (κ1) is 18.5. The Morgan fingerprint density at radius 2 is 1.67 bits per heavy atom. The molecule has 5 nitrogen and oxygen atoms in total. The zero-order valence-electron chi connectivity index (χ0n) is 15.7. The van der Waals surface area contributed by atoms with Gasteiger partial charge in [-0.3, -0.25) is 4.79 Å². The molecule has 0 saturated heterocycles. The van der Waals surface area contributed by atoms with Gasteiger partial charge >= 0.3 is 0 Å². The lowest BCUT2D eigenvalue weighted by Crippen LogP contribution is -2.17. The molecule has 27 heavy (non-hydrogen) atoms. The SMILES string of the molecule is Cc1cc(C)c(NC(=O)c2cc(C)nc(Nc3cccc(F)c3)n2)c(C)c1. The molecular formula is C21H21FN4O. The van der Waals surface area contributed by atoms with Crippen LogP contribution in [0.15, 0.2) is 42.5 Å². The van der Waals surface area contributed by atoms with Crippen molar-refractivity contribution in [2.45, 2.75) is 27.7 Å². The van der Waals surface area contributed by atoms with Crippen LogP contribution in [0.3, 0.4) is 0 Å². The molecule has 0 radical (unpaired) electrons. The predicted molar refractivity (Wildman–Crippen MR) is 105 cm³/mol. The number of amides is 1. The molecule has 0 aliphatic carbocycles. The molecule has 0 bridgehead atoms. The highest BCUT2D eigenvalue weighted by atomic mass is 19.1. The quantitative estimate of drug-likeness (QED) is 0.695. The number of hydrogen-bond acceptors (Lipinski definition) is 4. The molecule has 0 saturated carbocycles. The minimum atomic E-state index is -0.365. The molecule has 3 rings (SSSR count). The molecule has 1 amide bonds. The smallest absolute Gasteiger partial charge is 0.274 e. The maximum atomic E-state index is 13.4. The Labute approximate surface area is 157 Å². The summed E-state index contributed by atoms with van der Waals surface area (Å²) in [6.45, 7) is 7.71. The van der Waals surface area contributed by atoms with E-state index < -0.39 is 0 Å². The number of nitrogens with zero attached hydrogens (tertiary/aromatic N) is 2. The number of halogens is 1. The molecule has 0 fully saturated rings. The molecule has 0 unspecified atom stereocenters. The van der Waals surface area contributed by atoms with Crippen LogP contribution in [0, 0.1) is 33.5 Å². The number of carbonyl (C=O) groups is 1. The van der Waals surface area contributed by atoms with Gasteiger partial charge in [-0.1, -0.05) is 23.8 Å². The van der Waals surface area contributed by atoms with E-state index in [-0.39, 0.29) is 23.4 Å². The molecular weight excluding hydrogens is 343 g/mol. The fraction of sp³-hybridized carbons (Fsp3) is 0.190. The molecule has 1 heterocycles. The number of anilines is 3. The number of hydrogen-bond donors (Lipinski definition) is 2. The lowest BCUT2D eigenvalue weighted by Gasteiger charge is -2.13. The van der Waals surface area contributed by atoms with Crippen molar-refractivity contribution in [3.63, 3.8) is 0 Å². The lowest BCUT2D eigenvalue weighted by molar-refractivity contribution is 0.102. The summed E-state index contributed by atoms with van der Waals surface area (Å²) in [6.07, 6.45) is 0. The number of benzene rings is 2. The molecule has 2 N–H and O–H groups in total. The van der Waals surface area contributed by atoms with Crippen LogP contribution in [-0.2, 0) is 0 Å². The highest BCUT2D eigenvalue weighted by Crippen LogP contribution is 2.23. The summed E-state index contributed by atoms with van der Waals surface area (Å²) < 4.78 is 13.4. The molecule has 0 atom stereocenters. The van der Waals surface area contributed by atoms with Crippen molar-refractivity contribution in [1.82, 2.24) is 9.97 Å². The zero-order chi connectivity index (χ0) is 19.6. The summed E-state index contributed by atoms with van der Waals surface area (Å²) in [5.41, 5.74) is 5.28. The number of aryl methyl sites for hydroxylation is 4. The summed E-state index contributed by atoms with van der Waals surface area (Å²) in [6, 6.07) is 11.6. The average molecular weight is 364 g/mol. The van der Waals surface area contributed by atoms with Crippen LogP contribution in [0.2, 0.25) is 0 Å². The van der Waals surface area contributed by atoms with Gasteiger partial charge in [0, 0.05) is 17.1 Å². The Bertz CT molecular complexity index is 994. The second-order valence-corrected chi connectivity index (χ2v) is 6.58. The van der Waals surface area contributed by atoms with Crippen molar-refractivity contribution in [2.24, 2.45) is 0 Å². The van der Waals surface area contributed by atoms with Crippen molar-refractivity contribution in [3.05, 3.63) is 76.4 Å². The maximum Gasteiger partial charge on any atom is 0.274 e. The van der Waals surface area contributed by atoms with Crippen LogP contribution >= 0.6 is 0 Å². The van der Waals surface area contributed by atoms with Gasteiger partial charge in [-0.25, -0.2) is 14.4 Å². The van der Waals surface area contributed by atoms with E-state index in [1.807, 2.05) is 32.9 Å². The van der Waals surface area contributed by atoms with Crippen LogP contribution < -0.4 is 10.6 Å². The van der Waals surface area contributed by atoms with Crippen LogP contribution in [0.4, 0.5) is 21.7 Å². The Kier molecular flexibility index (Phi) is 5.16. The fourth-order valence-electron chi connectivity index (χ4n) is 2.99. The van der Waals surface area contributed by atoms with E-state index in [0.717, 1.165) is 22.4 Å². The Balaban J connectivity index is 1.86. The maximum absolute atomic E-state index is 13.4. The topological polar surface area (TPSA) is 66.9 Å². The van der Waals surface area contributed by atoms with Gasteiger partial charge in [0.25, 0.3) is 5.91 Å². The van der Waals surface area contributed by atoms with E-state index >= 15 is 0 Å². The number of aromatic nitrogens is 2. The third-order valence-corrected chi connectivity index (χ3v) is 4.08. The summed E-state index contributed by atoms with van der Waals surface area (Å²) in [4.78, 5) is 21.3. The zero-order valence-corrected chi connectivity index (χ0v) is 15.7. The monoisotopic (exact) mass is 364 g/mol. The number of rotatable bonds is 4. The molecule has 138 valence electrons. The van der Waals surface area contributed by atoms with Gasteiger partial charge < -0.3 is 10.6 Å². The number of carbonyl (C=O) groups excluding carboxylic acids is 1. The first-order chi connectivity index (χ1) is 12.8. The summed E-state index contributed by atoms with van der Waals surface area (Å²) in [7, 11) is 0.